The zero-order valence-electron chi connectivity index (χ0n) is 22.1. The minimum atomic E-state index is -0.827. The SMILES string of the molecule is CCOCCCNC(=O)[C@H](c1ccccc1)N(Cc1ccc(Cl)cc1)C(=O)Cc1ccc(OC)c(OC)c1. The summed E-state index contributed by atoms with van der Waals surface area (Å²) < 4.78 is 16.1. The smallest absolute Gasteiger partial charge is 0.247 e. The molecule has 3 rings (SSSR count). The van der Waals surface area contributed by atoms with Crippen LogP contribution < -0.4 is 14.8 Å². The van der Waals surface area contributed by atoms with Gasteiger partial charge in [-0.3, -0.25) is 9.59 Å². The molecule has 0 aliphatic carbocycles. The average molecular weight is 539 g/mol. The summed E-state index contributed by atoms with van der Waals surface area (Å²) in [4.78, 5) is 29.1. The Balaban J connectivity index is 1.94. The average Bonchev–Trinajstić information content (AvgIpc) is 2.94. The van der Waals surface area contributed by atoms with Crippen molar-refractivity contribution in [3.05, 3.63) is 94.5 Å². The summed E-state index contributed by atoms with van der Waals surface area (Å²) >= 11 is 6.10. The van der Waals surface area contributed by atoms with E-state index in [1.165, 1.54) is 0 Å². The van der Waals surface area contributed by atoms with Crippen LogP contribution in [0.4, 0.5) is 0 Å². The van der Waals surface area contributed by atoms with Crippen molar-refractivity contribution in [3.63, 3.8) is 0 Å². The van der Waals surface area contributed by atoms with E-state index in [9.17, 15) is 9.59 Å². The quantitative estimate of drug-likeness (QED) is 0.285. The number of hydrogen-bond acceptors (Lipinski definition) is 5. The number of nitrogens with one attached hydrogen (secondary N) is 1. The Bertz CT molecular complexity index is 1170. The predicted molar refractivity (Wildman–Crippen MR) is 149 cm³/mol. The molecule has 1 atom stereocenters. The van der Waals surface area contributed by atoms with Crippen molar-refractivity contribution in [3.8, 4) is 11.5 Å². The van der Waals surface area contributed by atoms with Crippen LogP contribution in [-0.4, -0.2) is 50.7 Å². The third-order valence-electron chi connectivity index (χ3n) is 6.03. The molecule has 1 N–H and O–H groups in total. The Morgan fingerprint density at radius 3 is 2.26 bits per heavy atom. The monoisotopic (exact) mass is 538 g/mol. The fourth-order valence-corrected chi connectivity index (χ4v) is 4.24. The van der Waals surface area contributed by atoms with Gasteiger partial charge in [-0.15, -0.1) is 0 Å². The lowest BCUT2D eigenvalue weighted by molar-refractivity contribution is -0.141. The molecule has 3 aromatic carbocycles. The lowest BCUT2D eigenvalue weighted by atomic mass is 10.0. The molecule has 0 saturated heterocycles. The molecule has 0 radical (unpaired) electrons. The molecule has 8 heteroatoms. The fourth-order valence-electron chi connectivity index (χ4n) is 4.11. The van der Waals surface area contributed by atoms with Gasteiger partial charge in [-0.2, -0.15) is 0 Å². The number of hydrogen-bond donors (Lipinski definition) is 1. The van der Waals surface area contributed by atoms with Crippen LogP contribution in [0.25, 0.3) is 0 Å². The molecule has 0 heterocycles. The number of methoxy groups -OCH3 is 2. The van der Waals surface area contributed by atoms with Gasteiger partial charge < -0.3 is 24.4 Å². The second-order valence-electron chi connectivity index (χ2n) is 8.67. The Morgan fingerprint density at radius 2 is 1.61 bits per heavy atom. The van der Waals surface area contributed by atoms with E-state index >= 15 is 0 Å². The molecule has 202 valence electrons. The van der Waals surface area contributed by atoms with Gasteiger partial charge >= 0.3 is 0 Å². The largest absolute Gasteiger partial charge is 0.493 e. The predicted octanol–water partition coefficient (Wildman–Crippen LogP) is 5.21. The summed E-state index contributed by atoms with van der Waals surface area (Å²) in [6, 6.07) is 21.2. The number of nitrogens with zero attached hydrogens (tertiary/aromatic N) is 1. The van der Waals surface area contributed by atoms with Crippen LogP contribution in [0.2, 0.25) is 5.02 Å². The van der Waals surface area contributed by atoms with Gasteiger partial charge in [0.25, 0.3) is 0 Å². The van der Waals surface area contributed by atoms with E-state index in [4.69, 9.17) is 25.8 Å². The summed E-state index contributed by atoms with van der Waals surface area (Å²) in [6.07, 6.45) is 0.757. The first kappa shape index (κ1) is 29.0. The van der Waals surface area contributed by atoms with E-state index in [2.05, 4.69) is 5.32 Å². The van der Waals surface area contributed by atoms with Crippen molar-refractivity contribution in [1.29, 1.82) is 0 Å². The summed E-state index contributed by atoms with van der Waals surface area (Å²) in [6.45, 7) is 3.79. The van der Waals surface area contributed by atoms with E-state index in [1.807, 2.05) is 55.5 Å². The van der Waals surface area contributed by atoms with Crippen molar-refractivity contribution in [2.75, 3.05) is 34.0 Å². The summed E-state index contributed by atoms with van der Waals surface area (Å²) in [5.41, 5.74) is 2.34. The number of carbonyl (C=O) groups excluding carboxylic acids is 2. The van der Waals surface area contributed by atoms with Crippen molar-refractivity contribution >= 4 is 23.4 Å². The van der Waals surface area contributed by atoms with Crippen molar-refractivity contribution in [2.45, 2.75) is 32.4 Å². The molecule has 0 aliphatic rings. The number of amides is 2. The lowest BCUT2D eigenvalue weighted by Crippen LogP contribution is -2.44. The van der Waals surface area contributed by atoms with Crippen molar-refractivity contribution in [2.24, 2.45) is 0 Å². The van der Waals surface area contributed by atoms with Crippen LogP contribution in [0.5, 0.6) is 11.5 Å². The van der Waals surface area contributed by atoms with Crippen molar-refractivity contribution < 1.29 is 23.8 Å². The van der Waals surface area contributed by atoms with Crippen LogP contribution in [0.1, 0.15) is 36.1 Å². The zero-order chi connectivity index (χ0) is 27.3. The Hall–Kier alpha value is -3.55. The summed E-state index contributed by atoms with van der Waals surface area (Å²) in [5.74, 6) is 0.664. The highest BCUT2D eigenvalue weighted by Gasteiger charge is 2.31. The molecule has 7 nitrogen and oxygen atoms in total. The fraction of sp³-hybridized carbons (Fsp3) is 0.333. The van der Waals surface area contributed by atoms with Gasteiger partial charge in [-0.05, 0) is 54.3 Å². The highest BCUT2D eigenvalue weighted by atomic mass is 35.5. The van der Waals surface area contributed by atoms with Crippen LogP contribution in [0, 0.1) is 0 Å². The molecule has 0 unspecified atom stereocenters. The third-order valence-corrected chi connectivity index (χ3v) is 6.29. The van der Waals surface area contributed by atoms with Crippen LogP contribution in [-0.2, 0) is 27.3 Å². The molecule has 0 bridgehead atoms. The minimum absolute atomic E-state index is 0.0783. The zero-order valence-corrected chi connectivity index (χ0v) is 22.9. The Labute approximate surface area is 229 Å². The number of benzene rings is 3. The van der Waals surface area contributed by atoms with Gasteiger partial charge in [-0.25, -0.2) is 0 Å². The van der Waals surface area contributed by atoms with Crippen LogP contribution in [0.15, 0.2) is 72.8 Å². The van der Waals surface area contributed by atoms with E-state index in [-0.39, 0.29) is 24.8 Å². The first-order chi connectivity index (χ1) is 18.5. The molecular formula is C30H35ClN2O5. The van der Waals surface area contributed by atoms with E-state index in [0.29, 0.717) is 42.7 Å². The Morgan fingerprint density at radius 1 is 0.921 bits per heavy atom. The highest BCUT2D eigenvalue weighted by molar-refractivity contribution is 6.30. The number of halogens is 1. The van der Waals surface area contributed by atoms with Gasteiger partial charge in [0.1, 0.15) is 6.04 Å². The van der Waals surface area contributed by atoms with E-state index in [0.717, 1.165) is 16.7 Å². The van der Waals surface area contributed by atoms with Crippen molar-refractivity contribution in [1.82, 2.24) is 10.2 Å². The number of carbonyl (C=O) groups is 2. The molecule has 0 aliphatic heterocycles. The van der Waals surface area contributed by atoms with Gasteiger partial charge in [0, 0.05) is 31.3 Å². The molecule has 38 heavy (non-hydrogen) atoms. The van der Waals surface area contributed by atoms with Gasteiger partial charge in [0.15, 0.2) is 11.5 Å². The first-order valence-corrected chi connectivity index (χ1v) is 13.0. The van der Waals surface area contributed by atoms with Gasteiger partial charge in [0.05, 0.1) is 20.6 Å². The number of rotatable bonds is 14. The van der Waals surface area contributed by atoms with E-state index in [1.54, 1.807) is 43.4 Å². The van der Waals surface area contributed by atoms with Gasteiger partial charge in [-0.1, -0.05) is 60.1 Å². The van der Waals surface area contributed by atoms with E-state index < -0.39 is 6.04 Å². The topological polar surface area (TPSA) is 77.1 Å². The third kappa shape index (κ3) is 8.23. The molecule has 0 aromatic heterocycles. The molecule has 0 fully saturated rings. The maximum absolute atomic E-state index is 13.9. The molecular weight excluding hydrogens is 504 g/mol. The maximum atomic E-state index is 13.9. The molecule has 0 saturated carbocycles. The van der Waals surface area contributed by atoms with Crippen LogP contribution >= 0.6 is 11.6 Å². The minimum Gasteiger partial charge on any atom is -0.493 e. The maximum Gasteiger partial charge on any atom is 0.247 e. The van der Waals surface area contributed by atoms with Crippen LogP contribution in [0.3, 0.4) is 0 Å². The normalized spacial score (nSPS) is 11.5. The van der Waals surface area contributed by atoms with Gasteiger partial charge in [0.2, 0.25) is 11.8 Å². The highest BCUT2D eigenvalue weighted by Crippen LogP contribution is 2.29. The standard InChI is InChI=1S/C30H35ClN2O5/c1-4-38-18-8-17-32-30(35)29(24-9-6-5-7-10-24)33(21-22-11-14-25(31)15-12-22)28(34)20-23-13-16-26(36-2)27(19-23)37-3/h5-7,9-16,19,29H,4,8,17-18,20-21H2,1-3H3,(H,32,35)/t29-/m0/s1. The summed E-state index contributed by atoms with van der Waals surface area (Å²) in [5, 5.41) is 3.60. The molecule has 3 aromatic rings. The molecule has 0 spiro atoms. The lowest BCUT2D eigenvalue weighted by Gasteiger charge is -2.32. The number of ether oxygens (including phenoxy) is 3. The second kappa shape index (κ2) is 15.0. The Kier molecular flexibility index (Phi) is 11.5. The first-order valence-electron chi connectivity index (χ1n) is 12.6. The second-order valence-corrected chi connectivity index (χ2v) is 9.11. The molecule has 2 amide bonds. The summed E-state index contributed by atoms with van der Waals surface area (Å²) in [7, 11) is 3.12.